The summed E-state index contributed by atoms with van der Waals surface area (Å²) in [5, 5.41) is 14.1. The van der Waals surface area contributed by atoms with Crippen molar-refractivity contribution in [1.29, 1.82) is 0 Å². The fourth-order valence-corrected chi connectivity index (χ4v) is 1.67. The van der Waals surface area contributed by atoms with Crippen LogP contribution in [0.3, 0.4) is 0 Å². The highest BCUT2D eigenvalue weighted by Gasteiger charge is 2.21. The first-order valence-corrected chi connectivity index (χ1v) is 5.97. The molecule has 0 bridgehead atoms. The third kappa shape index (κ3) is 3.58. The smallest absolute Gasteiger partial charge is 0.330 e. The molecule has 0 saturated heterocycles. The number of carbonyl (C=O) groups is 2. The van der Waals surface area contributed by atoms with E-state index in [1.165, 1.54) is 0 Å². The highest BCUT2D eigenvalue weighted by molar-refractivity contribution is 5.83. The number of imidazole rings is 1. The highest BCUT2D eigenvalue weighted by Crippen LogP contribution is 2.12. The molecule has 0 aliphatic heterocycles. The van der Waals surface area contributed by atoms with Crippen LogP contribution in [0.2, 0.25) is 0 Å². The van der Waals surface area contributed by atoms with Crippen molar-refractivity contribution in [3.05, 3.63) is 54.1 Å². The molecule has 1 aromatic heterocycles. The van der Waals surface area contributed by atoms with Gasteiger partial charge in [0.05, 0.1) is 6.54 Å². The molecule has 1 unspecified atom stereocenters. The standard InChI is InChI=1S/C13H14N4O3/c18-12(19)11(9-4-2-1-3-5-9)17-13(20)16-8-10-14-6-7-15-10/h1-7,11H,8H2,(H,14,15)(H,18,19)(H2,16,17,20). The van der Waals surface area contributed by atoms with Crippen molar-refractivity contribution in [3.8, 4) is 0 Å². The zero-order valence-electron chi connectivity index (χ0n) is 10.5. The van der Waals surface area contributed by atoms with Crippen molar-refractivity contribution in [2.75, 3.05) is 0 Å². The van der Waals surface area contributed by atoms with Crippen LogP contribution in [0.25, 0.3) is 0 Å². The van der Waals surface area contributed by atoms with E-state index in [1.807, 2.05) is 0 Å². The Bertz CT molecular complexity index is 569. The van der Waals surface area contributed by atoms with Gasteiger partial charge in [-0.1, -0.05) is 30.3 Å². The lowest BCUT2D eigenvalue weighted by Gasteiger charge is -2.15. The topological polar surface area (TPSA) is 107 Å². The molecule has 0 fully saturated rings. The summed E-state index contributed by atoms with van der Waals surface area (Å²) in [4.78, 5) is 29.7. The van der Waals surface area contributed by atoms with Gasteiger partial charge in [0.1, 0.15) is 5.82 Å². The van der Waals surface area contributed by atoms with Gasteiger partial charge < -0.3 is 20.7 Å². The van der Waals surface area contributed by atoms with Crippen molar-refractivity contribution >= 4 is 12.0 Å². The molecule has 1 atom stereocenters. The van der Waals surface area contributed by atoms with Gasteiger partial charge in [0.15, 0.2) is 6.04 Å². The molecule has 0 aliphatic carbocycles. The number of rotatable bonds is 5. The van der Waals surface area contributed by atoms with Crippen LogP contribution in [0.5, 0.6) is 0 Å². The number of hydrogen-bond donors (Lipinski definition) is 4. The number of urea groups is 1. The van der Waals surface area contributed by atoms with Gasteiger partial charge >= 0.3 is 12.0 Å². The van der Waals surface area contributed by atoms with E-state index in [9.17, 15) is 9.59 Å². The molecular formula is C13H14N4O3. The van der Waals surface area contributed by atoms with E-state index in [1.54, 1.807) is 42.7 Å². The van der Waals surface area contributed by atoms with Gasteiger partial charge in [0, 0.05) is 12.4 Å². The first-order chi connectivity index (χ1) is 9.66. The van der Waals surface area contributed by atoms with Gasteiger partial charge in [-0.05, 0) is 5.56 Å². The van der Waals surface area contributed by atoms with Crippen molar-refractivity contribution in [1.82, 2.24) is 20.6 Å². The monoisotopic (exact) mass is 274 g/mol. The fraction of sp³-hybridized carbons (Fsp3) is 0.154. The Labute approximate surface area is 115 Å². The van der Waals surface area contributed by atoms with Crippen molar-refractivity contribution in [2.45, 2.75) is 12.6 Å². The van der Waals surface area contributed by atoms with Crippen LogP contribution in [0.4, 0.5) is 4.79 Å². The molecule has 7 heteroatoms. The first kappa shape index (κ1) is 13.6. The Morgan fingerprint density at radius 3 is 2.65 bits per heavy atom. The lowest BCUT2D eigenvalue weighted by atomic mass is 10.1. The third-order valence-corrected chi connectivity index (χ3v) is 2.63. The molecule has 2 amide bonds. The van der Waals surface area contributed by atoms with E-state index in [4.69, 9.17) is 5.11 Å². The molecule has 0 radical (unpaired) electrons. The van der Waals surface area contributed by atoms with Crippen LogP contribution < -0.4 is 10.6 Å². The maximum absolute atomic E-state index is 11.7. The number of hydrogen-bond acceptors (Lipinski definition) is 3. The molecule has 20 heavy (non-hydrogen) atoms. The first-order valence-electron chi connectivity index (χ1n) is 5.97. The van der Waals surface area contributed by atoms with E-state index in [0.717, 1.165) is 0 Å². The minimum absolute atomic E-state index is 0.194. The minimum atomic E-state index is -1.12. The summed E-state index contributed by atoms with van der Waals surface area (Å²) in [6.07, 6.45) is 3.21. The number of aliphatic carboxylic acids is 1. The van der Waals surface area contributed by atoms with Crippen LogP contribution in [0.1, 0.15) is 17.4 Å². The number of aromatic nitrogens is 2. The normalized spacial score (nSPS) is 11.6. The number of carbonyl (C=O) groups excluding carboxylic acids is 1. The predicted octanol–water partition coefficient (Wildman–Crippen LogP) is 1.03. The molecule has 2 aromatic rings. The number of nitrogens with zero attached hydrogens (tertiary/aromatic N) is 1. The number of carboxylic acid groups (broad SMARTS) is 1. The maximum atomic E-state index is 11.7. The van der Waals surface area contributed by atoms with Gasteiger partial charge in [-0.2, -0.15) is 0 Å². The average Bonchev–Trinajstić information content (AvgIpc) is 2.96. The SMILES string of the molecule is O=C(NCc1ncc[nH]1)NC(C(=O)O)c1ccccc1. The van der Waals surface area contributed by atoms with Crippen LogP contribution in [0.15, 0.2) is 42.7 Å². The molecule has 0 saturated carbocycles. The second-order valence-electron chi connectivity index (χ2n) is 4.04. The number of benzene rings is 1. The Kier molecular flexibility index (Phi) is 4.33. The predicted molar refractivity (Wildman–Crippen MR) is 70.8 cm³/mol. The molecule has 2 rings (SSSR count). The summed E-state index contributed by atoms with van der Waals surface area (Å²) in [6, 6.07) is 6.84. The molecule has 0 aliphatic rings. The summed E-state index contributed by atoms with van der Waals surface area (Å²) in [5.74, 6) is -0.531. The van der Waals surface area contributed by atoms with Gasteiger partial charge in [0.2, 0.25) is 0 Å². The van der Waals surface area contributed by atoms with Gasteiger partial charge in [-0.15, -0.1) is 0 Å². The minimum Gasteiger partial charge on any atom is -0.479 e. The van der Waals surface area contributed by atoms with Crippen molar-refractivity contribution in [2.24, 2.45) is 0 Å². The van der Waals surface area contributed by atoms with Gasteiger partial charge in [-0.25, -0.2) is 14.6 Å². The van der Waals surface area contributed by atoms with E-state index < -0.39 is 18.0 Å². The zero-order valence-corrected chi connectivity index (χ0v) is 10.5. The Balaban J connectivity index is 1.95. The Hall–Kier alpha value is -2.83. The number of amides is 2. The van der Waals surface area contributed by atoms with E-state index in [-0.39, 0.29) is 6.54 Å². The van der Waals surface area contributed by atoms with E-state index in [2.05, 4.69) is 20.6 Å². The third-order valence-electron chi connectivity index (χ3n) is 2.63. The number of carboxylic acids is 1. The highest BCUT2D eigenvalue weighted by atomic mass is 16.4. The maximum Gasteiger partial charge on any atom is 0.330 e. The molecule has 0 spiro atoms. The zero-order chi connectivity index (χ0) is 14.4. The van der Waals surface area contributed by atoms with Crippen LogP contribution in [-0.4, -0.2) is 27.1 Å². The summed E-state index contributed by atoms with van der Waals surface area (Å²) >= 11 is 0. The number of H-pyrrole nitrogens is 1. The quantitative estimate of drug-likeness (QED) is 0.653. The largest absolute Gasteiger partial charge is 0.479 e. The molecule has 1 heterocycles. The molecule has 7 nitrogen and oxygen atoms in total. The summed E-state index contributed by atoms with van der Waals surface area (Å²) < 4.78 is 0. The molecule has 4 N–H and O–H groups in total. The molecular weight excluding hydrogens is 260 g/mol. The lowest BCUT2D eigenvalue weighted by Crippen LogP contribution is -2.40. The van der Waals surface area contributed by atoms with Crippen LogP contribution >= 0.6 is 0 Å². The van der Waals surface area contributed by atoms with Crippen LogP contribution in [0, 0.1) is 0 Å². The number of nitrogens with one attached hydrogen (secondary N) is 3. The Morgan fingerprint density at radius 1 is 1.30 bits per heavy atom. The lowest BCUT2D eigenvalue weighted by molar-refractivity contribution is -0.139. The van der Waals surface area contributed by atoms with E-state index in [0.29, 0.717) is 11.4 Å². The molecule has 1 aromatic carbocycles. The van der Waals surface area contributed by atoms with E-state index >= 15 is 0 Å². The summed E-state index contributed by atoms with van der Waals surface area (Å²) in [5.41, 5.74) is 0.508. The second-order valence-corrected chi connectivity index (χ2v) is 4.04. The molecule has 104 valence electrons. The summed E-state index contributed by atoms with van der Waals surface area (Å²) in [7, 11) is 0. The average molecular weight is 274 g/mol. The second kappa shape index (κ2) is 6.37. The summed E-state index contributed by atoms with van der Waals surface area (Å²) in [6.45, 7) is 0.194. The van der Waals surface area contributed by atoms with Crippen molar-refractivity contribution in [3.63, 3.8) is 0 Å². The van der Waals surface area contributed by atoms with Crippen LogP contribution in [-0.2, 0) is 11.3 Å². The van der Waals surface area contributed by atoms with Gasteiger partial charge in [0.25, 0.3) is 0 Å². The van der Waals surface area contributed by atoms with Crippen molar-refractivity contribution < 1.29 is 14.7 Å². The Morgan fingerprint density at radius 2 is 2.05 bits per heavy atom. The van der Waals surface area contributed by atoms with Gasteiger partial charge in [-0.3, -0.25) is 0 Å². The fourth-order valence-electron chi connectivity index (χ4n) is 1.67. The number of aromatic amines is 1.